The number of carbonyl (C=O) groups is 2. The minimum absolute atomic E-state index is 0.0305. The molecule has 2 aromatic rings. The number of hydrogen-bond donors (Lipinski definition) is 2. The summed E-state index contributed by atoms with van der Waals surface area (Å²) in [6.07, 6.45) is 2.42. The van der Waals surface area contributed by atoms with Crippen LogP contribution in [0.3, 0.4) is 0 Å². The van der Waals surface area contributed by atoms with E-state index >= 15 is 0 Å². The van der Waals surface area contributed by atoms with Gasteiger partial charge in [-0.3, -0.25) is 14.4 Å². The van der Waals surface area contributed by atoms with Gasteiger partial charge in [0, 0.05) is 20.1 Å². The zero-order valence-electron chi connectivity index (χ0n) is 13.0. The fourth-order valence-electron chi connectivity index (χ4n) is 1.94. The predicted octanol–water partition coefficient (Wildman–Crippen LogP) is -0.123. The third-order valence-corrected chi connectivity index (χ3v) is 3.43. The van der Waals surface area contributed by atoms with Gasteiger partial charge in [-0.05, 0) is 19.4 Å². The second-order valence-corrected chi connectivity index (χ2v) is 4.99. The Hall–Kier alpha value is -2.97. The molecule has 0 fully saturated rings. The third-order valence-electron chi connectivity index (χ3n) is 3.43. The molecular weight excluding hydrogens is 302 g/mol. The molecule has 23 heavy (non-hydrogen) atoms. The van der Waals surface area contributed by atoms with Crippen LogP contribution in [0, 0.1) is 13.8 Å². The highest BCUT2D eigenvalue weighted by molar-refractivity contribution is 5.95. The normalized spacial score (nSPS) is 10.4. The molecule has 0 aliphatic carbocycles. The number of likely N-dealkylation sites (N-methyl/N-ethyl adjacent to an activating group) is 1. The molecule has 2 heterocycles. The van der Waals surface area contributed by atoms with Crippen molar-refractivity contribution in [3.8, 4) is 0 Å². The fraction of sp³-hybridized carbons (Fsp3) is 0.357. The van der Waals surface area contributed by atoms with Gasteiger partial charge in [0.1, 0.15) is 11.8 Å². The summed E-state index contributed by atoms with van der Waals surface area (Å²) >= 11 is 0. The first-order valence-corrected chi connectivity index (χ1v) is 6.89. The van der Waals surface area contributed by atoms with E-state index in [1.807, 2.05) is 0 Å². The van der Waals surface area contributed by atoms with Crippen molar-refractivity contribution in [1.82, 2.24) is 25.4 Å². The number of aryl methyl sites for hydroxylation is 1. The zero-order chi connectivity index (χ0) is 17.0. The van der Waals surface area contributed by atoms with Crippen molar-refractivity contribution in [2.24, 2.45) is 0 Å². The Balaban J connectivity index is 1.94. The second-order valence-electron chi connectivity index (χ2n) is 4.99. The fourth-order valence-corrected chi connectivity index (χ4v) is 1.94. The molecular formula is C14H17N5O4. The summed E-state index contributed by atoms with van der Waals surface area (Å²) in [7, 11) is 1.58. The Morgan fingerprint density at radius 1 is 1.39 bits per heavy atom. The summed E-state index contributed by atoms with van der Waals surface area (Å²) in [5.41, 5.74) is 0.780. The van der Waals surface area contributed by atoms with Gasteiger partial charge in [0.2, 0.25) is 0 Å². The molecule has 0 aromatic carbocycles. The minimum Gasteiger partial charge on any atom is -0.451 e. The number of rotatable bonds is 5. The van der Waals surface area contributed by atoms with Crippen LogP contribution >= 0.6 is 0 Å². The predicted molar refractivity (Wildman–Crippen MR) is 80.1 cm³/mol. The highest BCUT2D eigenvalue weighted by atomic mass is 16.3. The van der Waals surface area contributed by atoms with Crippen LogP contribution in [0.4, 0.5) is 0 Å². The van der Waals surface area contributed by atoms with Gasteiger partial charge in [0.15, 0.2) is 12.1 Å². The molecule has 9 heteroatoms. The maximum absolute atomic E-state index is 12.1. The summed E-state index contributed by atoms with van der Waals surface area (Å²) in [6, 6.07) is 0. The second kappa shape index (κ2) is 6.86. The molecule has 0 unspecified atom stereocenters. The van der Waals surface area contributed by atoms with Crippen molar-refractivity contribution < 1.29 is 14.0 Å². The van der Waals surface area contributed by atoms with Gasteiger partial charge in [0.25, 0.3) is 17.4 Å². The van der Waals surface area contributed by atoms with E-state index in [0.29, 0.717) is 11.3 Å². The lowest BCUT2D eigenvalue weighted by Gasteiger charge is -2.16. The average molecular weight is 319 g/mol. The lowest BCUT2D eigenvalue weighted by atomic mass is 10.1. The Labute approximate surface area is 131 Å². The van der Waals surface area contributed by atoms with Crippen LogP contribution in [0.1, 0.15) is 32.1 Å². The van der Waals surface area contributed by atoms with Crippen LogP contribution in [0.15, 0.2) is 21.9 Å². The maximum atomic E-state index is 12.1. The van der Waals surface area contributed by atoms with Crippen molar-refractivity contribution >= 4 is 11.8 Å². The standard InChI is InChI=1S/C14H17N5O4/c1-8-9(2)17-18-13(21)11(8)12(20)15-4-5-19(3)14(22)10-6-23-7-16-10/h6-7H,4-5H2,1-3H3,(H,15,20)(H,18,21). The minimum atomic E-state index is -0.544. The number of aromatic nitrogens is 3. The molecule has 122 valence electrons. The summed E-state index contributed by atoms with van der Waals surface area (Å²) in [6.45, 7) is 3.82. The number of hydrogen-bond acceptors (Lipinski definition) is 6. The van der Waals surface area contributed by atoms with Crippen LogP contribution in [0.2, 0.25) is 0 Å². The van der Waals surface area contributed by atoms with Gasteiger partial charge in [-0.1, -0.05) is 0 Å². The molecule has 0 bridgehead atoms. The Bertz CT molecular complexity index is 766. The number of nitrogens with one attached hydrogen (secondary N) is 2. The van der Waals surface area contributed by atoms with E-state index in [-0.39, 0.29) is 30.3 Å². The molecule has 0 aliphatic heterocycles. The van der Waals surface area contributed by atoms with Crippen molar-refractivity contribution in [1.29, 1.82) is 0 Å². The molecule has 2 rings (SSSR count). The molecule has 0 aliphatic rings. The van der Waals surface area contributed by atoms with E-state index in [9.17, 15) is 14.4 Å². The molecule has 0 radical (unpaired) electrons. The molecule has 2 N–H and O–H groups in total. The molecule has 2 aromatic heterocycles. The number of nitrogens with zero attached hydrogens (tertiary/aromatic N) is 3. The first kappa shape index (κ1) is 16.4. The Morgan fingerprint density at radius 2 is 2.13 bits per heavy atom. The van der Waals surface area contributed by atoms with Gasteiger partial charge >= 0.3 is 0 Å². The first-order valence-electron chi connectivity index (χ1n) is 6.89. The zero-order valence-corrected chi connectivity index (χ0v) is 13.0. The summed E-state index contributed by atoms with van der Waals surface area (Å²) < 4.78 is 4.75. The quantitative estimate of drug-likeness (QED) is 0.792. The summed E-state index contributed by atoms with van der Waals surface area (Å²) in [5, 5.41) is 8.69. The first-order chi connectivity index (χ1) is 10.9. The van der Waals surface area contributed by atoms with Crippen LogP contribution < -0.4 is 10.9 Å². The number of H-pyrrole nitrogens is 1. The molecule has 0 atom stereocenters. The van der Waals surface area contributed by atoms with Gasteiger partial charge in [-0.15, -0.1) is 0 Å². The van der Waals surface area contributed by atoms with E-state index in [4.69, 9.17) is 4.42 Å². The van der Waals surface area contributed by atoms with Crippen molar-refractivity contribution in [2.45, 2.75) is 13.8 Å². The van der Waals surface area contributed by atoms with Crippen LogP contribution in [-0.2, 0) is 0 Å². The largest absolute Gasteiger partial charge is 0.451 e. The third kappa shape index (κ3) is 3.62. The monoisotopic (exact) mass is 319 g/mol. The Morgan fingerprint density at radius 3 is 2.78 bits per heavy atom. The van der Waals surface area contributed by atoms with E-state index in [1.54, 1.807) is 20.9 Å². The van der Waals surface area contributed by atoms with Gasteiger partial charge in [-0.2, -0.15) is 5.10 Å². The summed E-state index contributed by atoms with van der Waals surface area (Å²) in [4.78, 5) is 41.0. The number of aromatic amines is 1. The number of oxazole rings is 1. The van der Waals surface area contributed by atoms with Crippen molar-refractivity contribution in [3.63, 3.8) is 0 Å². The highest BCUT2D eigenvalue weighted by Gasteiger charge is 2.17. The maximum Gasteiger partial charge on any atom is 0.277 e. The summed E-state index contributed by atoms with van der Waals surface area (Å²) in [5.74, 6) is -0.821. The van der Waals surface area contributed by atoms with Crippen LogP contribution in [0.25, 0.3) is 0 Å². The van der Waals surface area contributed by atoms with Gasteiger partial charge < -0.3 is 14.6 Å². The van der Waals surface area contributed by atoms with Crippen LogP contribution in [-0.4, -0.2) is 52.0 Å². The van der Waals surface area contributed by atoms with E-state index < -0.39 is 11.5 Å². The molecule has 2 amide bonds. The molecule has 0 saturated carbocycles. The van der Waals surface area contributed by atoms with Crippen LogP contribution in [0.5, 0.6) is 0 Å². The Kier molecular flexibility index (Phi) is 4.89. The van der Waals surface area contributed by atoms with Gasteiger partial charge in [-0.25, -0.2) is 10.1 Å². The van der Waals surface area contributed by atoms with E-state index in [1.165, 1.54) is 17.6 Å². The van der Waals surface area contributed by atoms with Gasteiger partial charge in [0.05, 0.1) is 5.69 Å². The highest BCUT2D eigenvalue weighted by Crippen LogP contribution is 2.04. The SMILES string of the molecule is Cc1n[nH]c(=O)c(C(=O)NCCN(C)C(=O)c2cocn2)c1C. The molecule has 0 saturated heterocycles. The lowest BCUT2D eigenvalue weighted by Crippen LogP contribution is -2.38. The number of amides is 2. The molecule has 0 spiro atoms. The van der Waals surface area contributed by atoms with E-state index in [0.717, 1.165) is 0 Å². The topological polar surface area (TPSA) is 121 Å². The van der Waals surface area contributed by atoms with Crippen molar-refractivity contribution in [2.75, 3.05) is 20.1 Å². The lowest BCUT2D eigenvalue weighted by molar-refractivity contribution is 0.0781. The van der Waals surface area contributed by atoms with Crippen molar-refractivity contribution in [3.05, 3.63) is 45.5 Å². The number of carbonyl (C=O) groups excluding carboxylic acids is 2. The smallest absolute Gasteiger partial charge is 0.277 e. The van der Waals surface area contributed by atoms with E-state index in [2.05, 4.69) is 20.5 Å². The average Bonchev–Trinajstić information content (AvgIpc) is 3.05. The molecule has 9 nitrogen and oxygen atoms in total.